The molecular weight excluding hydrogens is 330 g/mol. The summed E-state index contributed by atoms with van der Waals surface area (Å²) in [5, 5.41) is 3.35. The van der Waals surface area contributed by atoms with E-state index in [0.29, 0.717) is 34.4 Å². The molecule has 24 heavy (non-hydrogen) atoms. The fraction of sp³-hybridized carbons (Fsp3) is 0.278. The lowest BCUT2D eigenvalue weighted by molar-refractivity contribution is 0.0947. The Morgan fingerprint density at radius 1 is 1.04 bits per heavy atom. The van der Waals surface area contributed by atoms with Gasteiger partial charge in [-0.1, -0.05) is 17.7 Å². The number of amides is 1. The van der Waals surface area contributed by atoms with Gasteiger partial charge in [0, 0.05) is 11.6 Å². The number of hydrogen-bond donors (Lipinski definition) is 1. The number of hydrogen-bond acceptors (Lipinski definition) is 4. The van der Waals surface area contributed by atoms with Crippen molar-refractivity contribution in [1.82, 2.24) is 5.32 Å². The van der Waals surface area contributed by atoms with Gasteiger partial charge in [0.25, 0.3) is 5.91 Å². The van der Waals surface area contributed by atoms with E-state index in [2.05, 4.69) is 5.32 Å². The van der Waals surface area contributed by atoms with Gasteiger partial charge in [-0.25, -0.2) is 0 Å². The average Bonchev–Trinajstić information content (AvgIpc) is 2.58. The maximum Gasteiger partial charge on any atom is 0.255 e. The molecule has 1 amide bonds. The van der Waals surface area contributed by atoms with Gasteiger partial charge >= 0.3 is 0 Å². The Morgan fingerprint density at radius 2 is 1.75 bits per heavy atom. The van der Waals surface area contributed by atoms with Crippen LogP contribution in [0.4, 0.5) is 0 Å². The largest absolute Gasteiger partial charge is 0.496 e. The second kappa shape index (κ2) is 7.93. The molecule has 0 heterocycles. The molecule has 5 nitrogen and oxygen atoms in total. The topological polar surface area (TPSA) is 56.8 Å². The van der Waals surface area contributed by atoms with Gasteiger partial charge in [-0.15, -0.1) is 0 Å². The Bertz CT molecular complexity index is 746. The molecule has 0 aliphatic carbocycles. The predicted molar refractivity (Wildman–Crippen MR) is 93.5 cm³/mol. The molecular formula is C18H20ClNO4. The molecule has 0 fully saturated rings. The number of halogens is 1. The zero-order valence-electron chi connectivity index (χ0n) is 14.1. The van der Waals surface area contributed by atoms with Crippen LogP contribution in [0, 0.1) is 6.92 Å². The van der Waals surface area contributed by atoms with Crippen LogP contribution in [-0.2, 0) is 6.54 Å². The van der Waals surface area contributed by atoms with Crippen LogP contribution < -0.4 is 19.5 Å². The Labute approximate surface area is 146 Å². The summed E-state index contributed by atoms with van der Waals surface area (Å²) < 4.78 is 15.8. The van der Waals surface area contributed by atoms with E-state index in [1.807, 2.05) is 19.1 Å². The smallest absolute Gasteiger partial charge is 0.255 e. The third-order valence-electron chi connectivity index (χ3n) is 3.59. The van der Waals surface area contributed by atoms with Gasteiger partial charge < -0.3 is 19.5 Å². The Balaban J connectivity index is 2.17. The number of carbonyl (C=O) groups excluding carboxylic acids is 1. The van der Waals surface area contributed by atoms with Crippen LogP contribution in [-0.4, -0.2) is 27.2 Å². The summed E-state index contributed by atoms with van der Waals surface area (Å²) in [4.78, 5) is 12.5. The summed E-state index contributed by atoms with van der Waals surface area (Å²) in [6.45, 7) is 2.18. The van der Waals surface area contributed by atoms with Crippen LogP contribution in [0.1, 0.15) is 21.5 Å². The first-order chi connectivity index (χ1) is 11.5. The first-order valence-electron chi connectivity index (χ1n) is 7.33. The van der Waals surface area contributed by atoms with Crippen molar-refractivity contribution in [2.24, 2.45) is 0 Å². The lowest BCUT2D eigenvalue weighted by atomic mass is 10.1. The Hall–Kier alpha value is -2.40. The maximum atomic E-state index is 12.5. The van der Waals surface area contributed by atoms with E-state index in [0.717, 1.165) is 11.1 Å². The molecule has 6 heteroatoms. The third-order valence-corrected chi connectivity index (χ3v) is 3.81. The summed E-state index contributed by atoms with van der Waals surface area (Å²) in [5.74, 6) is 1.51. The number of aryl methyl sites for hydroxylation is 1. The molecule has 2 aromatic rings. The fourth-order valence-corrected chi connectivity index (χ4v) is 2.71. The van der Waals surface area contributed by atoms with Crippen LogP contribution in [0.15, 0.2) is 30.3 Å². The number of carbonyl (C=O) groups is 1. The van der Waals surface area contributed by atoms with Crippen LogP contribution >= 0.6 is 11.6 Å². The number of methoxy groups -OCH3 is 3. The van der Waals surface area contributed by atoms with Gasteiger partial charge in [0.05, 0.1) is 26.9 Å². The molecule has 0 saturated carbocycles. The molecule has 0 aliphatic rings. The summed E-state index contributed by atoms with van der Waals surface area (Å²) in [5.41, 5.74) is 2.10. The van der Waals surface area contributed by atoms with E-state index in [-0.39, 0.29) is 5.91 Å². The third kappa shape index (κ3) is 3.92. The van der Waals surface area contributed by atoms with E-state index in [1.165, 1.54) is 7.11 Å². The van der Waals surface area contributed by atoms with E-state index in [1.54, 1.807) is 32.4 Å². The highest BCUT2D eigenvalue weighted by Crippen LogP contribution is 2.29. The molecule has 0 saturated heterocycles. The molecule has 1 N–H and O–H groups in total. The minimum atomic E-state index is -0.257. The molecule has 0 spiro atoms. The van der Waals surface area contributed by atoms with Crippen molar-refractivity contribution < 1.29 is 19.0 Å². The van der Waals surface area contributed by atoms with Gasteiger partial charge in [-0.3, -0.25) is 4.79 Å². The van der Waals surface area contributed by atoms with Gasteiger partial charge in [-0.05, 0) is 42.3 Å². The normalized spacial score (nSPS) is 10.2. The lowest BCUT2D eigenvalue weighted by Gasteiger charge is -2.13. The highest BCUT2D eigenvalue weighted by Gasteiger charge is 2.16. The van der Waals surface area contributed by atoms with Crippen molar-refractivity contribution in [3.05, 3.63) is 52.0 Å². The molecule has 0 aromatic heterocycles. The molecule has 0 atom stereocenters. The quantitative estimate of drug-likeness (QED) is 0.865. The Kier molecular flexibility index (Phi) is 5.93. The summed E-state index contributed by atoms with van der Waals surface area (Å²) in [6.07, 6.45) is 0. The van der Waals surface area contributed by atoms with Gasteiger partial charge in [-0.2, -0.15) is 0 Å². The molecule has 0 bridgehead atoms. The molecule has 2 aromatic carbocycles. The highest BCUT2D eigenvalue weighted by molar-refractivity contribution is 6.31. The van der Waals surface area contributed by atoms with Crippen molar-refractivity contribution in [3.63, 3.8) is 0 Å². The van der Waals surface area contributed by atoms with Crippen LogP contribution in [0.3, 0.4) is 0 Å². The zero-order chi connectivity index (χ0) is 17.7. The summed E-state index contributed by atoms with van der Waals surface area (Å²) in [7, 11) is 4.67. The minimum absolute atomic E-state index is 0.257. The molecule has 2 rings (SSSR count). The monoisotopic (exact) mass is 349 g/mol. The summed E-state index contributed by atoms with van der Waals surface area (Å²) >= 11 is 6.05. The van der Waals surface area contributed by atoms with Crippen molar-refractivity contribution in [2.45, 2.75) is 13.5 Å². The number of ether oxygens (including phenoxy) is 3. The van der Waals surface area contributed by atoms with E-state index < -0.39 is 0 Å². The molecule has 0 unspecified atom stereocenters. The minimum Gasteiger partial charge on any atom is -0.496 e. The van der Waals surface area contributed by atoms with E-state index in [4.69, 9.17) is 25.8 Å². The number of nitrogens with one attached hydrogen (secondary N) is 1. The summed E-state index contributed by atoms with van der Waals surface area (Å²) in [6, 6.07) is 8.83. The van der Waals surface area contributed by atoms with Crippen molar-refractivity contribution in [2.75, 3.05) is 21.3 Å². The zero-order valence-corrected chi connectivity index (χ0v) is 14.9. The van der Waals surface area contributed by atoms with Gasteiger partial charge in [0.2, 0.25) is 0 Å². The van der Waals surface area contributed by atoms with Crippen molar-refractivity contribution in [3.8, 4) is 17.2 Å². The first kappa shape index (κ1) is 17.9. The SMILES string of the molecule is COc1ccc(CNC(=O)c2cc(Cl)cc(C)c2OC)cc1OC. The molecule has 0 radical (unpaired) electrons. The van der Waals surface area contributed by atoms with Crippen molar-refractivity contribution >= 4 is 17.5 Å². The maximum absolute atomic E-state index is 12.5. The predicted octanol–water partition coefficient (Wildman–Crippen LogP) is 3.60. The number of benzene rings is 2. The average molecular weight is 350 g/mol. The van der Waals surface area contributed by atoms with Crippen LogP contribution in [0.5, 0.6) is 17.2 Å². The molecule has 128 valence electrons. The fourth-order valence-electron chi connectivity index (χ4n) is 2.44. The van der Waals surface area contributed by atoms with Crippen LogP contribution in [0.25, 0.3) is 0 Å². The van der Waals surface area contributed by atoms with Gasteiger partial charge in [0.1, 0.15) is 5.75 Å². The van der Waals surface area contributed by atoms with Crippen molar-refractivity contribution in [1.29, 1.82) is 0 Å². The second-order valence-electron chi connectivity index (χ2n) is 5.18. The molecule has 0 aliphatic heterocycles. The highest BCUT2D eigenvalue weighted by atomic mass is 35.5. The number of rotatable bonds is 6. The lowest BCUT2D eigenvalue weighted by Crippen LogP contribution is -2.23. The van der Waals surface area contributed by atoms with E-state index >= 15 is 0 Å². The van der Waals surface area contributed by atoms with Gasteiger partial charge in [0.15, 0.2) is 11.5 Å². The second-order valence-corrected chi connectivity index (χ2v) is 5.61. The van der Waals surface area contributed by atoms with E-state index in [9.17, 15) is 4.79 Å². The first-order valence-corrected chi connectivity index (χ1v) is 7.71. The standard InChI is InChI=1S/C18H20ClNO4/c1-11-7-13(19)9-14(17(11)24-4)18(21)20-10-12-5-6-15(22-2)16(8-12)23-3/h5-9H,10H2,1-4H3,(H,20,21). The Morgan fingerprint density at radius 3 is 2.38 bits per heavy atom. The van der Waals surface area contributed by atoms with Crippen LogP contribution in [0.2, 0.25) is 5.02 Å².